The molecule has 2 nitrogen and oxygen atoms in total. The Balaban J connectivity index is 2.31. The van der Waals surface area contributed by atoms with E-state index in [9.17, 15) is 4.79 Å². The molecule has 21 heavy (non-hydrogen) atoms. The van der Waals surface area contributed by atoms with E-state index < -0.39 is 0 Å². The molecule has 0 aromatic heterocycles. The highest BCUT2D eigenvalue weighted by Crippen LogP contribution is 2.20. The second-order valence-electron chi connectivity index (χ2n) is 5.67. The van der Waals surface area contributed by atoms with Gasteiger partial charge in [-0.3, -0.25) is 4.79 Å². The second-order valence-corrected chi connectivity index (χ2v) is 5.67. The molecule has 0 fully saturated rings. The second kappa shape index (κ2) is 6.68. The van der Waals surface area contributed by atoms with Crippen LogP contribution in [0.1, 0.15) is 38.2 Å². The quantitative estimate of drug-likeness (QED) is 0.852. The number of aryl methyl sites for hydroxylation is 3. The molecule has 0 aliphatic heterocycles. The van der Waals surface area contributed by atoms with Crippen LogP contribution in [0, 0.1) is 20.8 Å². The highest BCUT2D eigenvalue weighted by molar-refractivity contribution is 5.99. The monoisotopic (exact) mass is 281 g/mol. The third-order valence-electron chi connectivity index (χ3n) is 3.91. The lowest BCUT2D eigenvalue weighted by atomic mass is 9.92. The molecule has 0 amide bonds. The molecule has 0 unspecified atom stereocenters. The Morgan fingerprint density at radius 2 is 1.67 bits per heavy atom. The summed E-state index contributed by atoms with van der Waals surface area (Å²) >= 11 is 0. The van der Waals surface area contributed by atoms with Crippen LogP contribution >= 0.6 is 0 Å². The molecule has 2 aromatic rings. The number of carbonyl (C=O) groups excluding carboxylic acids is 1. The van der Waals surface area contributed by atoms with E-state index in [0.717, 1.165) is 23.1 Å². The highest BCUT2D eigenvalue weighted by Gasteiger charge is 2.14. The zero-order chi connectivity index (χ0) is 15.4. The predicted octanol–water partition coefficient (Wildman–Crippen LogP) is 3.54. The Kier molecular flexibility index (Phi) is 4.92. The first kappa shape index (κ1) is 15.5. The smallest absolute Gasteiger partial charge is 0.167 e. The van der Waals surface area contributed by atoms with E-state index >= 15 is 0 Å². The van der Waals surface area contributed by atoms with E-state index in [0.29, 0.717) is 13.0 Å². The van der Waals surface area contributed by atoms with Crippen molar-refractivity contribution >= 4 is 5.78 Å². The standard InChI is InChI=1S/C19H23NO/c1-13-10-14(2)18(15(3)11-13)12-19(21)17-7-5-4-6-16(17)8-9-20/h4-7,10-11H,8-9,12,20H2,1-3H3. The van der Waals surface area contributed by atoms with Crippen molar-refractivity contribution in [3.63, 3.8) is 0 Å². The fraction of sp³-hybridized carbons (Fsp3) is 0.316. The molecular weight excluding hydrogens is 258 g/mol. The Hall–Kier alpha value is -1.93. The Labute approximate surface area is 127 Å². The molecule has 0 atom stereocenters. The third-order valence-corrected chi connectivity index (χ3v) is 3.91. The summed E-state index contributed by atoms with van der Waals surface area (Å²) in [5.41, 5.74) is 12.3. The summed E-state index contributed by atoms with van der Waals surface area (Å²) in [5, 5.41) is 0. The molecular formula is C19H23NO. The molecule has 110 valence electrons. The minimum absolute atomic E-state index is 0.175. The average Bonchev–Trinajstić information content (AvgIpc) is 2.43. The van der Waals surface area contributed by atoms with Crippen molar-refractivity contribution in [2.24, 2.45) is 5.73 Å². The first-order chi connectivity index (χ1) is 10.0. The average molecular weight is 281 g/mol. The summed E-state index contributed by atoms with van der Waals surface area (Å²) in [6, 6.07) is 12.1. The van der Waals surface area contributed by atoms with Gasteiger partial charge in [-0.1, -0.05) is 42.0 Å². The summed E-state index contributed by atoms with van der Waals surface area (Å²) in [7, 11) is 0. The van der Waals surface area contributed by atoms with Gasteiger partial charge in [0.15, 0.2) is 5.78 Å². The zero-order valence-corrected chi connectivity index (χ0v) is 13.1. The van der Waals surface area contributed by atoms with Gasteiger partial charge in [-0.15, -0.1) is 0 Å². The molecule has 0 saturated heterocycles. The molecule has 2 heteroatoms. The van der Waals surface area contributed by atoms with Crippen LogP contribution in [0.2, 0.25) is 0 Å². The van der Waals surface area contributed by atoms with Crippen molar-refractivity contribution < 1.29 is 4.79 Å². The summed E-state index contributed by atoms with van der Waals surface area (Å²) in [6.45, 7) is 6.80. The van der Waals surface area contributed by atoms with Crippen LogP contribution in [0.25, 0.3) is 0 Å². The lowest BCUT2D eigenvalue weighted by Gasteiger charge is -2.12. The van der Waals surface area contributed by atoms with Crippen LogP contribution < -0.4 is 5.73 Å². The summed E-state index contributed by atoms with van der Waals surface area (Å²) < 4.78 is 0. The fourth-order valence-corrected chi connectivity index (χ4v) is 2.91. The molecule has 0 aliphatic rings. The van der Waals surface area contributed by atoms with Crippen LogP contribution in [0.4, 0.5) is 0 Å². The molecule has 0 spiro atoms. The first-order valence-electron chi connectivity index (χ1n) is 7.41. The summed E-state index contributed by atoms with van der Waals surface area (Å²) in [6.07, 6.45) is 1.20. The Bertz CT molecular complexity index is 635. The Morgan fingerprint density at radius 1 is 1.05 bits per heavy atom. The van der Waals surface area contributed by atoms with E-state index in [1.54, 1.807) is 0 Å². The predicted molar refractivity (Wildman–Crippen MR) is 87.9 cm³/mol. The largest absolute Gasteiger partial charge is 0.330 e. The van der Waals surface area contributed by atoms with Gasteiger partial charge in [-0.05, 0) is 56.0 Å². The summed E-state index contributed by atoms with van der Waals surface area (Å²) in [5.74, 6) is 0.175. The summed E-state index contributed by atoms with van der Waals surface area (Å²) in [4.78, 5) is 12.7. The van der Waals surface area contributed by atoms with Crippen molar-refractivity contribution in [1.82, 2.24) is 0 Å². The minimum Gasteiger partial charge on any atom is -0.330 e. The van der Waals surface area contributed by atoms with Gasteiger partial charge in [0, 0.05) is 12.0 Å². The van der Waals surface area contributed by atoms with E-state index in [4.69, 9.17) is 5.73 Å². The Morgan fingerprint density at radius 3 is 2.29 bits per heavy atom. The minimum atomic E-state index is 0.175. The van der Waals surface area contributed by atoms with Gasteiger partial charge >= 0.3 is 0 Å². The molecule has 0 saturated carbocycles. The maximum atomic E-state index is 12.7. The number of Topliss-reactive ketones (excluding diaryl/α,β-unsaturated/α-hetero) is 1. The number of nitrogens with two attached hydrogens (primary N) is 1. The fourth-order valence-electron chi connectivity index (χ4n) is 2.91. The highest BCUT2D eigenvalue weighted by atomic mass is 16.1. The van der Waals surface area contributed by atoms with Crippen molar-refractivity contribution in [3.8, 4) is 0 Å². The number of hydrogen-bond donors (Lipinski definition) is 1. The van der Waals surface area contributed by atoms with E-state index in [1.165, 1.54) is 16.7 Å². The molecule has 2 N–H and O–H groups in total. The zero-order valence-electron chi connectivity index (χ0n) is 13.1. The van der Waals surface area contributed by atoms with Crippen LogP contribution in [-0.4, -0.2) is 12.3 Å². The van der Waals surface area contributed by atoms with E-state index in [-0.39, 0.29) is 5.78 Å². The lowest BCUT2D eigenvalue weighted by Crippen LogP contribution is -2.12. The SMILES string of the molecule is Cc1cc(C)c(CC(=O)c2ccccc2CCN)c(C)c1. The normalized spacial score (nSPS) is 10.7. The van der Waals surface area contributed by atoms with Crippen LogP contribution in [0.3, 0.4) is 0 Å². The van der Waals surface area contributed by atoms with Gasteiger partial charge in [0.2, 0.25) is 0 Å². The number of carbonyl (C=O) groups is 1. The van der Waals surface area contributed by atoms with Crippen LogP contribution in [0.5, 0.6) is 0 Å². The lowest BCUT2D eigenvalue weighted by molar-refractivity contribution is 0.0991. The molecule has 0 radical (unpaired) electrons. The van der Waals surface area contributed by atoms with Gasteiger partial charge in [0.05, 0.1) is 0 Å². The maximum absolute atomic E-state index is 12.7. The van der Waals surface area contributed by atoms with Gasteiger partial charge in [-0.2, -0.15) is 0 Å². The van der Waals surface area contributed by atoms with Crippen LogP contribution in [-0.2, 0) is 12.8 Å². The molecule has 0 heterocycles. The molecule has 2 aromatic carbocycles. The van der Waals surface area contributed by atoms with Gasteiger partial charge < -0.3 is 5.73 Å². The van der Waals surface area contributed by atoms with Gasteiger partial charge in [0.25, 0.3) is 0 Å². The van der Waals surface area contributed by atoms with E-state index in [1.807, 2.05) is 24.3 Å². The number of hydrogen-bond acceptors (Lipinski definition) is 2. The number of rotatable bonds is 5. The van der Waals surface area contributed by atoms with Crippen molar-refractivity contribution in [2.75, 3.05) is 6.54 Å². The number of ketones is 1. The third kappa shape index (κ3) is 3.59. The molecule has 2 rings (SSSR count). The van der Waals surface area contributed by atoms with Gasteiger partial charge in [0.1, 0.15) is 0 Å². The first-order valence-corrected chi connectivity index (χ1v) is 7.41. The van der Waals surface area contributed by atoms with Crippen molar-refractivity contribution in [1.29, 1.82) is 0 Å². The van der Waals surface area contributed by atoms with Gasteiger partial charge in [-0.25, -0.2) is 0 Å². The maximum Gasteiger partial charge on any atom is 0.167 e. The van der Waals surface area contributed by atoms with E-state index in [2.05, 4.69) is 32.9 Å². The van der Waals surface area contributed by atoms with Crippen molar-refractivity contribution in [3.05, 3.63) is 69.8 Å². The van der Waals surface area contributed by atoms with Crippen molar-refractivity contribution in [2.45, 2.75) is 33.6 Å². The van der Waals surface area contributed by atoms with Crippen LogP contribution in [0.15, 0.2) is 36.4 Å². The molecule has 0 aliphatic carbocycles. The molecule has 0 bridgehead atoms. The number of benzene rings is 2. The topological polar surface area (TPSA) is 43.1 Å².